The topological polar surface area (TPSA) is 52.6 Å². The van der Waals surface area contributed by atoms with Gasteiger partial charge in [0, 0.05) is 12.8 Å². The second kappa shape index (κ2) is 6.18. The SMILES string of the molecule is O=C1OC2(CCCCC2)OC(=O)C1=C/C=C/c1ccccc1. The lowest BCUT2D eigenvalue weighted by atomic mass is 9.93. The Morgan fingerprint density at radius 3 is 2.18 bits per heavy atom. The van der Waals surface area contributed by atoms with Gasteiger partial charge in [-0.25, -0.2) is 9.59 Å². The number of hydrogen-bond donors (Lipinski definition) is 0. The molecule has 0 bridgehead atoms. The highest BCUT2D eigenvalue weighted by atomic mass is 16.7. The molecule has 4 nitrogen and oxygen atoms in total. The molecule has 114 valence electrons. The molecule has 1 aromatic carbocycles. The lowest BCUT2D eigenvalue weighted by Crippen LogP contribution is -2.47. The highest BCUT2D eigenvalue weighted by Gasteiger charge is 2.46. The molecule has 22 heavy (non-hydrogen) atoms. The second-order valence-corrected chi connectivity index (χ2v) is 5.60. The molecule has 0 aromatic heterocycles. The minimum Gasteiger partial charge on any atom is -0.419 e. The van der Waals surface area contributed by atoms with Crippen LogP contribution in [0.5, 0.6) is 0 Å². The van der Waals surface area contributed by atoms with E-state index in [-0.39, 0.29) is 5.57 Å². The van der Waals surface area contributed by atoms with Gasteiger partial charge in [0.15, 0.2) is 0 Å². The van der Waals surface area contributed by atoms with Crippen LogP contribution in [0.15, 0.2) is 48.1 Å². The van der Waals surface area contributed by atoms with E-state index in [9.17, 15) is 9.59 Å². The highest BCUT2D eigenvalue weighted by Crippen LogP contribution is 2.36. The second-order valence-electron chi connectivity index (χ2n) is 5.60. The van der Waals surface area contributed by atoms with Gasteiger partial charge in [-0.15, -0.1) is 0 Å². The third kappa shape index (κ3) is 3.11. The Bertz CT molecular complexity index is 600. The van der Waals surface area contributed by atoms with E-state index in [0.717, 1.165) is 24.8 Å². The van der Waals surface area contributed by atoms with E-state index in [1.54, 1.807) is 6.08 Å². The van der Waals surface area contributed by atoms with Crippen LogP contribution in [0, 0.1) is 0 Å². The van der Waals surface area contributed by atoms with Gasteiger partial charge in [0.1, 0.15) is 5.57 Å². The zero-order chi connectivity index (χ0) is 15.4. The normalized spacial score (nSPS) is 20.8. The number of benzene rings is 1. The van der Waals surface area contributed by atoms with Crippen LogP contribution in [0.3, 0.4) is 0 Å². The summed E-state index contributed by atoms with van der Waals surface area (Å²) in [6, 6.07) is 9.63. The van der Waals surface area contributed by atoms with Crippen molar-refractivity contribution in [2.24, 2.45) is 0 Å². The zero-order valence-electron chi connectivity index (χ0n) is 12.3. The van der Waals surface area contributed by atoms with Crippen molar-refractivity contribution in [2.75, 3.05) is 0 Å². The maximum Gasteiger partial charge on any atom is 0.348 e. The Hall–Kier alpha value is -2.36. The largest absolute Gasteiger partial charge is 0.419 e. The monoisotopic (exact) mass is 298 g/mol. The number of allylic oxidation sites excluding steroid dienone is 2. The highest BCUT2D eigenvalue weighted by molar-refractivity contribution is 6.15. The van der Waals surface area contributed by atoms with Gasteiger partial charge in [0.05, 0.1) is 0 Å². The van der Waals surface area contributed by atoms with Gasteiger partial charge in [0.25, 0.3) is 5.79 Å². The first-order valence-electron chi connectivity index (χ1n) is 7.59. The summed E-state index contributed by atoms with van der Waals surface area (Å²) in [4.78, 5) is 24.2. The molecule has 1 saturated heterocycles. The number of ether oxygens (including phenoxy) is 2. The Morgan fingerprint density at radius 1 is 0.909 bits per heavy atom. The fraction of sp³-hybridized carbons (Fsp3) is 0.333. The molecule has 0 radical (unpaired) electrons. The van der Waals surface area contributed by atoms with Crippen molar-refractivity contribution in [2.45, 2.75) is 37.9 Å². The lowest BCUT2D eigenvalue weighted by Gasteiger charge is -2.38. The fourth-order valence-electron chi connectivity index (χ4n) is 2.80. The van der Waals surface area contributed by atoms with Crippen LogP contribution in [-0.4, -0.2) is 17.7 Å². The summed E-state index contributed by atoms with van der Waals surface area (Å²) in [5, 5.41) is 0. The molecule has 1 saturated carbocycles. The zero-order valence-corrected chi connectivity index (χ0v) is 12.3. The summed E-state index contributed by atoms with van der Waals surface area (Å²) in [5.74, 6) is -2.20. The average molecular weight is 298 g/mol. The van der Waals surface area contributed by atoms with E-state index < -0.39 is 17.7 Å². The van der Waals surface area contributed by atoms with Crippen molar-refractivity contribution < 1.29 is 19.1 Å². The van der Waals surface area contributed by atoms with Crippen molar-refractivity contribution in [3.05, 3.63) is 53.6 Å². The number of esters is 2. The van der Waals surface area contributed by atoms with Gasteiger partial charge in [-0.2, -0.15) is 0 Å². The Morgan fingerprint density at radius 2 is 1.55 bits per heavy atom. The van der Waals surface area contributed by atoms with E-state index in [0.29, 0.717) is 12.8 Å². The van der Waals surface area contributed by atoms with E-state index in [1.807, 2.05) is 36.4 Å². The van der Waals surface area contributed by atoms with Crippen molar-refractivity contribution in [3.63, 3.8) is 0 Å². The maximum absolute atomic E-state index is 12.1. The lowest BCUT2D eigenvalue weighted by molar-refractivity contribution is -0.244. The molecule has 1 aliphatic heterocycles. The van der Waals surface area contributed by atoms with Gasteiger partial charge in [-0.05, 0) is 24.5 Å². The van der Waals surface area contributed by atoms with Crippen molar-refractivity contribution in [1.29, 1.82) is 0 Å². The third-order valence-electron chi connectivity index (χ3n) is 3.96. The quantitative estimate of drug-likeness (QED) is 0.477. The van der Waals surface area contributed by atoms with Crippen LogP contribution in [0.2, 0.25) is 0 Å². The number of rotatable bonds is 2. The molecule has 3 rings (SSSR count). The Balaban J connectivity index is 1.72. The summed E-state index contributed by atoms with van der Waals surface area (Å²) in [6.45, 7) is 0. The first kappa shape index (κ1) is 14.6. The van der Waals surface area contributed by atoms with Crippen LogP contribution in [-0.2, 0) is 19.1 Å². The number of hydrogen-bond acceptors (Lipinski definition) is 4. The molecule has 0 amide bonds. The van der Waals surface area contributed by atoms with Gasteiger partial charge in [0.2, 0.25) is 0 Å². The van der Waals surface area contributed by atoms with Gasteiger partial charge < -0.3 is 9.47 Å². The summed E-state index contributed by atoms with van der Waals surface area (Å²) < 4.78 is 10.8. The molecule has 0 N–H and O–H groups in total. The number of carbonyl (C=O) groups excluding carboxylic acids is 2. The third-order valence-corrected chi connectivity index (χ3v) is 3.96. The molecule has 0 unspecified atom stereocenters. The predicted molar refractivity (Wildman–Crippen MR) is 81.6 cm³/mol. The summed E-state index contributed by atoms with van der Waals surface area (Å²) in [5.41, 5.74) is 0.934. The fourth-order valence-corrected chi connectivity index (χ4v) is 2.80. The smallest absolute Gasteiger partial charge is 0.348 e. The molecule has 1 aromatic rings. The van der Waals surface area contributed by atoms with Crippen LogP contribution >= 0.6 is 0 Å². The standard InChI is InChI=1S/C18H18O4/c19-16-15(11-7-10-14-8-3-1-4-9-14)17(20)22-18(21-16)12-5-2-6-13-18/h1,3-4,7-11H,2,5-6,12-13H2/b10-7+. The summed E-state index contributed by atoms with van der Waals surface area (Å²) >= 11 is 0. The minimum absolute atomic E-state index is 0.0524. The molecule has 2 aliphatic rings. The Labute approximate surface area is 129 Å². The molecule has 1 aliphatic carbocycles. The van der Waals surface area contributed by atoms with Crippen LogP contribution < -0.4 is 0 Å². The molecule has 1 heterocycles. The van der Waals surface area contributed by atoms with Crippen LogP contribution in [0.1, 0.15) is 37.7 Å². The maximum atomic E-state index is 12.1. The van der Waals surface area contributed by atoms with Crippen molar-refractivity contribution in [1.82, 2.24) is 0 Å². The van der Waals surface area contributed by atoms with Gasteiger partial charge in [-0.3, -0.25) is 0 Å². The molecule has 1 spiro atoms. The van der Waals surface area contributed by atoms with Crippen molar-refractivity contribution in [3.8, 4) is 0 Å². The van der Waals surface area contributed by atoms with Gasteiger partial charge in [-0.1, -0.05) is 48.9 Å². The predicted octanol–water partition coefficient (Wildman–Crippen LogP) is 3.39. The first-order valence-corrected chi connectivity index (χ1v) is 7.59. The average Bonchev–Trinajstić information content (AvgIpc) is 2.52. The van der Waals surface area contributed by atoms with Crippen LogP contribution in [0.25, 0.3) is 6.08 Å². The first-order chi connectivity index (χ1) is 10.7. The van der Waals surface area contributed by atoms with E-state index >= 15 is 0 Å². The minimum atomic E-state index is -1.02. The van der Waals surface area contributed by atoms with E-state index in [4.69, 9.17) is 9.47 Å². The molecule has 2 fully saturated rings. The van der Waals surface area contributed by atoms with Crippen LogP contribution in [0.4, 0.5) is 0 Å². The molecule has 4 heteroatoms. The summed E-state index contributed by atoms with van der Waals surface area (Å²) in [7, 11) is 0. The van der Waals surface area contributed by atoms with E-state index in [2.05, 4.69) is 0 Å². The number of carbonyl (C=O) groups is 2. The molecular formula is C18H18O4. The molecular weight excluding hydrogens is 280 g/mol. The molecule has 0 atom stereocenters. The summed E-state index contributed by atoms with van der Waals surface area (Å²) in [6.07, 6.45) is 9.02. The van der Waals surface area contributed by atoms with E-state index in [1.165, 1.54) is 6.08 Å². The Kier molecular flexibility index (Phi) is 4.09. The van der Waals surface area contributed by atoms with Crippen molar-refractivity contribution >= 4 is 18.0 Å². The van der Waals surface area contributed by atoms with Gasteiger partial charge >= 0.3 is 11.9 Å².